The van der Waals surface area contributed by atoms with Crippen molar-refractivity contribution in [2.45, 2.75) is 26.2 Å². The van der Waals surface area contributed by atoms with Gasteiger partial charge in [-0.25, -0.2) is 18.3 Å². The highest BCUT2D eigenvalue weighted by Crippen LogP contribution is 1.91. The lowest BCUT2D eigenvalue weighted by Crippen LogP contribution is -2.30. The summed E-state index contributed by atoms with van der Waals surface area (Å²) >= 11 is 0. The van der Waals surface area contributed by atoms with Gasteiger partial charge in [0.2, 0.25) is 12.7 Å². The van der Waals surface area contributed by atoms with Crippen LogP contribution in [0.2, 0.25) is 0 Å². The summed E-state index contributed by atoms with van der Waals surface area (Å²) in [4.78, 5) is 0. The van der Waals surface area contributed by atoms with Gasteiger partial charge < -0.3 is 0 Å². The van der Waals surface area contributed by atoms with Crippen molar-refractivity contribution in [3.63, 3.8) is 0 Å². The second kappa shape index (κ2) is 13.7. The van der Waals surface area contributed by atoms with Gasteiger partial charge in [0, 0.05) is 0 Å². The molecule has 2 aromatic rings. The predicted octanol–water partition coefficient (Wildman–Crippen LogP) is 2.62. The van der Waals surface area contributed by atoms with Crippen LogP contribution in [0.25, 0.3) is 0 Å². The molecule has 0 saturated carbocycles. The third-order valence-corrected chi connectivity index (χ3v) is 2.79. The van der Waals surface area contributed by atoms with Crippen molar-refractivity contribution in [2.75, 3.05) is 0 Å². The molecular weight excluding hydrogens is 366 g/mol. The van der Waals surface area contributed by atoms with Crippen molar-refractivity contribution in [1.82, 2.24) is 9.13 Å². The van der Waals surface area contributed by atoms with Crippen LogP contribution >= 0.6 is 49.6 Å². The number of aryl methyl sites for hydroxylation is 2. The molecule has 2 rings (SSSR count). The summed E-state index contributed by atoms with van der Waals surface area (Å²) in [7, 11) is 0. The molecule has 126 valence electrons. The van der Waals surface area contributed by atoms with Gasteiger partial charge >= 0.3 is 0 Å². The third kappa shape index (κ3) is 7.90. The molecule has 0 unspecified atom stereocenters. The Labute approximate surface area is 156 Å². The molecule has 4 nitrogen and oxygen atoms in total. The van der Waals surface area contributed by atoms with Gasteiger partial charge in [-0.1, -0.05) is 25.3 Å². The Kier molecular flexibility index (Phi) is 16.2. The van der Waals surface area contributed by atoms with Crippen LogP contribution in [-0.4, -0.2) is 9.13 Å². The molecule has 22 heavy (non-hydrogen) atoms. The predicted molar refractivity (Wildman–Crippen MR) is 98.6 cm³/mol. The molecule has 0 aliphatic heterocycles. The highest BCUT2D eigenvalue weighted by Gasteiger charge is 2.06. The maximum atomic E-state index is 3.73. The number of hydrogen-bond acceptors (Lipinski definition) is 0. The fourth-order valence-corrected chi connectivity index (χ4v) is 1.89. The Morgan fingerprint density at radius 3 is 1.41 bits per heavy atom. The number of aromatic nitrogens is 4. The maximum absolute atomic E-state index is 3.73. The van der Waals surface area contributed by atoms with Crippen molar-refractivity contribution in [3.05, 3.63) is 62.8 Å². The molecule has 0 N–H and O–H groups in total. The van der Waals surface area contributed by atoms with E-state index in [4.69, 9.17) is 0 Å². The molecule has 2 heterocycles. The van der Waals surface area contributed by atoms with E-state index >= 15 is 0 Å². The Hall–Kier alpha value is -0.940. The van der Waals surface area contributed by atoms with Crippen LogP contribution in [0, 0.1) is 0 Å². The average Bonchev–Trinajstić information content (AvgIpc) is 2.97. The van der Waals surface area contributed by atoms with Crippen LogP contribution in [-0.2, 0) is 26.2 Å². The minimum atomic E-state index is 0. The monoisotopic (exact) mass is 388 g/mol. The number of imidazole rings is 2. The number of allylic oxidation sites excluding steroid dienone is 2. The molecular formula is C14H24Cl4N4+2. The topological polar surface area (TPSA) is 17.6 Å². The van der Waals surface area contributed by atoms with Crippen LogP contribution in [0.3, 0.4) is 0 Å². The zero-order valence-corrected chi connectivity index (χ0v) is 15.5. The number of nitrogens with zero attached hydrogens (tertiary/aromatic N) is 4. The van der Waals surface area contributed by atoms with Gasteiger partial charge in [-0.15, -0.1) is 49.6 Å². The molecule has 2 aromatic heterocycles. The Morgan fingerprint density at radius 1 is 0.727 bits per heavy atom. The molecule has 0 spiro atoms. The van der Waals surface area contributed by atoms with Crippen molar-refractivity contribution in [1.29, 1.82) is 0 Å². The van der Waals surface area contributed by atoms with E-state index in [1.165, 1.54) is 0 Å². The fourth-order valence-electron chi connectivity index (χ4n) is 1.89. The van der Waals surface area contributed by atoms with Crippen LogP contribution in [0.5, 0.6) is 0 Å². The van der Waals surface area contributed by atoms with Crippen molar-refractivity contribution in [2.24, 2.45) is 0 Å². The van der Waals surface area contributed by atoms with E-state index in [1.807, 2.05) is 12.2 Å². The van der Waals surface area contributed by atoms with Crippen LogP contribution in [0.15, 0.2) is 62.8 Å². The van der Waals surface area contributed by atoms with E-state index in [0.29, 0.717) is 0 Å². The van der Waals surface area contributed by atoms with Crippen molar-refractivity contribution >= 4 is 49.6 Å². The summed E-state index contributed by atoms with van der Waals surface area (Å²) in [5, 5.41) is 0. The van der Waals surface area contributed by atoms with Gasteiger partial charge in [0.25, 0.3) is 0 Å². The number of halogens is 4. The zero-order chi connectivity index (χ0) is 12.8. The third-order valence-electron chi connectivity index (χ3n) is 2.79. The molecule has 0 aliphatic rings. The lowest BCUT2D eigenvalue weighted by atomic mass is 10.6. The van der Waals surface area contributed by atoms with E-state index < -0.39 is 0 Å². The van der Waals surface area contributed by atoms with E-state index in [1.54, 1.807) is 0 Å². The highest BCUT2D eigenvalue weighted by molar-refractivity contribution is 5.86. The van der Waals surface area contributed by atoms with Gasteiger partial charge in [0.05, 0.1) is 0 Å². The highest BCUT2D eigenvalue weighted by atomic mass is 35.5. The van der Waals surface area contributed by atoms with Crippen LogP contribution in [0.1, 0.15) is 0 Å². The molecule has 0 saturated heterocycles. The summed E-state index contributed by atoms with van der Waals surface area (Å²) in [5.41, 5.74) is 0. The van der Waals surface area contributed by atoms with Crippen LogP contribution < -0.4 is 9.13 Å². The molecule has 0 bridgehead atoms. The lowest BCUT2D eigenvalue weighted by molar-refractivity contribution is -0.686. The first kappa shape index (κ1) is 26.0. The molecule has 0 amide bonds. The number of rotatable bonds is 7. The Balaban J connectivity index is -0.000000902. The van der Waals surface area contributed by atoms with Gasteiger partial charge in [0.1, 0.15) is 51.0 Å². The van der Waals surface area contributed by atoms with Gasteiger partial charge in [-0.05, 0) is 0 Å². The van der Waals surface area contributed by atoms with Crippen LogP contribution in [0.4, 0.5) is 0 Å². The summed E-state index contributed by atoms with van der Waals surface area (Å²) in [6.07, 6.45) is 16.3. The Bertz CT molecular complexity index is 488. The first-order chi connectivity index (χ1) is 8.81. The number of hydrogen-bond donors (Lipinski definition) is 0. The Morgan fingerprint density at radius 2 is 1.09 bits per heavy atom. The molecule has 0 atom stereocenters. The summed E-state index contributed by atoms with van der Waals surface area (Å²) < 4.78 is 8.59. The smallest absolute Gasteiger partial charge is 0.233 e. The maximum Gasteiger partial charge on any atom is 0.244 e. The molecule has 8 heteroatoms. The summed E-state index contributed by atoms with van der Waals surface area (Å²) in [5.74, 6) is 0. The molecule has 0 fully saturated rings. The lowest BCUT2D eigenvalue weighted by Gasteiger charge is -1.94. The van der Waals surface area contributed by atoms with Gasteiger partial charge in [0.15, 0.2) is 0 Å². The van der Waals surface area contributed by atoms with E-state index in [-0.39, 0.29) is 49.6 Å². The summed E-state index contributed by atoms with van der Waals surface area (Å²) in [6.45, 7) is 11.1. The standard InChI is InChI=1S/C14H20N4.4ClH/c1-3-5-15-7-9-17(13-15)11-12-18-10-8-16(14-18)6-4-2;;;;/h3-4,7-10,13-14H,1-2,5-6,11-12H2;4*1H/q+2;;;;. The normalized spacial score (nSPS) is 8.55. The van der Waals surface area contributed by atoms with E-state index in [9.17, 15) is 0 Å². The van der Waals surface area contributed by atoms with Gasteiger partial charge in [-0.2, -0.15) is 0 Å². The molecule has 0 aliphatic carbocycles. The minimum absolute atomic E-state index is 0. The SMILES string of the molecule is C=CC[n+]1ccn(CCn2cc[n+](CC=C)c2)c1.Cl.Cl.Cl.Cl. The average molecular weight is 390 g/mol. The zero-order valence-electron chi connectivity index (χ0n) is 12.3. The van der Waals surface area contributed by atoms with Crippen molar-refractivity contribution in [3.8, 4) is 0 Å². The molecule has 0 aromatic carbocycles. The van der Waals surface area contributed by atoms with E-state index in [2.05, 4.69) is 68.9 Å². The summed E-state index contributed by atoms with van der Waals surface area (Å²) in [6, 6.07) is 0. The first-order valence-electron chi connectivity index (χ1n) is 6.13. The minimum Gasteiger partial charge on any atom is -0.233 e. The second-order valence-electron chi connectivity index (χ2n) is 4.27. The fraction of sp³-hybridized carbons (Fsp3) is 0.286. The molecule has 0 radical (unpaired) electrons. The van der Waals surface area contributed by atoms with E-state index in [0.717, 1.165) is 26.2 Å². The van der Waals surface area contributed by atoms with Crippen molar-refractivity contribution < 1.29 is 9.13 Å². The second-order valence-corrected chi connectivity index (χ2v) is 4.27. The van der Waals surface area contributed by atoms with Gasteiger partial charge in [-0.3, -0.25) is 0 Å². The largest absolute Gasteiger partial charge is 0.244 e. The first-order valence-corrected chi connectivity index (χ1v) is 6.13. The quantitative estimate of drug-likeness (QED) is 0.511.